The Kier molecular flexibility index (Phi) is 6.11. The van der Waals surface area contributed by atoms with Gasteiger partial charge in [0.15, 0.2) is 0 Å². The summed E-state index contributed by atoms with van der Waals surface area (Å²) in [7, 11) is 0. The van der Waals surface area contributed by atoms with Crippen molar-refractivity contribution in [1.82, 2.24) is 4.90 Å². The van der Waals surface area contributed by atoms with Crippen molar-refractivity contribution < 1.29 is 9.90 Å². The van der Waals surface area contributed by atoms with Crippen molar-refractivity contribution in [2.24, 2.45) is 5.73 Å². The molecular formula is C14H20N2O2. The van der Waals surface area contributed by atoms with Crippen molar-refractivity contribution >= 4 is 5.91 Å². The van der Waals surface area contributed by atoms with Gasteiger partial charge in [-0.2, -0.15) is 0 Å². The Morgan fingerprint density at radius 1 is 1.44 bits per heavy atom. The highest BCUT2D eigenvalue weighted by Gasteiger charge is 2.16. The molecule has 0 aromatic heterocycles. The molecule has 0 saturated heterocycles. The number of rotatable bonds is 7. The first-order chi connectivity index (χ1) is 8.69. The predicted molar refractivity (Wildman–Crippen MR) is 71.9 cm³/mol. The molecule has 0 fully saturated rings. The van der Waals surface area contributed by atoms with E-state index in [1.165, 1.54) is 0 Å². The van der Waals surface area contributed by atoms with Crippen LogP contribution >= 0.6 is 0 Å². The van der Waals surface area contributed by atoms with Crippen LogP contribution in [0.3, 0.4) is 0 Å². The van der Waals surface area contributed by atoms with Crippen molar-refractivity contribution in [2.75, 3.05) is 19.7 Å². The Hall–Kier alpha value is -1.65. The minimum Gasteiger partial charge on any atom is -0.395 e. The van der Waals surface area contributed by atoms with E-state index < -0.39 is 0 Å². The fourth-order valence-electron chi connectivity index (χ4n) is 1.73. The van der Waals surface area contributed by atoms with E-state index in [1.54, 1.807) is 11.0 Å². The smallest absolute Gasteiger partial charge is 0.224 e. The molecule has 0 aliphatic heterocycles. The maximum absolute atomic E-state index is 12.0. The number of aliphatic hydroxyl groups excluding tert-OH is 1. The lowest BCUT2D eigenvalue weighted by Crippen LogP contribution is -2.35. The van der Waals surface area contributed by atoms with E-state index in [1.807, 2.05) is 30.3 Å². The summed E-state index contributed by atoms with van der Waals surface area (Å²) >= 11 is 0. The summed E-state index contributed by atoms with van der Waals surface area (Å²) in [5.74, 6) is -0.0692. The third kappa shape index (κ3) is 4.31. The number of hydrogen-bond donors (Lipinski definition) is 2. The van der Waals surface area contributed by atoms with Gasteiger partial charge in [0.2, 0.25) is 5.91 Å². The van der Waals surface area contributed by atoms with Crippen LogP contribution in [-0.4, -0.2) is 35.6 Å². The number of amides is 1. The van der Waals surface area contributed by atoms with Gasteiger partial charge < -0.3 is 15.7 Å². The zero-order valence-corrected chi connectivity index (χ0v) is 10.5. The van der Waals surface area contributed by atoms with Crippen LogP contribution in [0.15, 0.2) is 43.0 Å². The average Bonchev–Trinajstić information content (AvgIpc) is 2.39. The Balaban J connectivity index is 2.59. The molecule has 1 rings (SSSR count). The van der Waals surface area contributed by atoms with Crippen LogP contribution in [0.25, 0.3) is 0 Å². The van der Waals surface area contributed by atoms with Crippen LogP contribution < -0.4 is 5.73 Å². The lowest BCUT2D eigenvalue weighted by Gasteiger charge is -2.22. The third-order valence-corrected chi connectivity index (χ3v) is 2.69. The molecule has 4 nitrogen and oxygen atoms in total. The summed E-state index contributed by atoms with van der Waals surface area (Å²) < 4.78 is 0. The van der Waals surface area contributed by atoms with Crippen LogP contribution in [0, 0.1) is 0 Å². The van der Waals surface area contributed by atoms with Crippen molar-refractivity contribution in [3.05, 3.63) is 48.6 Å². The first kappa shape index (κ1) is 14.4. The second-order valence-electron chi connectivity index (χ2n) is 4.07. The molecule has 98 valence electrons. The number of aliphatic hydroxyl groups is 1. The molecule has 3 N–H and O–H groups in total. The van der Waals surface area contributed by atoms with E-state index in [9.17, 15) is 4.79 Å². The first-order valence-electron chi connectivity index (χ1n) is 5.99. The molecule has 1 unspecified atom stereocenters. The summed E-state index contributed by atoms with van der Waals surface area (Å²) in [6, 6.07) is 9.20. The summed E-state index contributed by atoms with van der Waals surface area (Å²) in [5, 5.41) is 8.90. The summed E-state index contributed by atoms with van der Waals surface area (Å²) in [6.45, 7) is 4.28. The molecular weight excluding hydrogens is 228 g/mol. The van der Waals surface area contributed by atoms with Gasteiger partial charge in [-0.1, -0.05) is 36.4 Å². The van der Waals surface area contributed by atoms with Gasteiger partial charge >= 0.3 is 0 Å². The molecule has 1 atom stereocenters. The van der Waals surface area contributed by atoms with E-state index in [2.05, 4.69) is 6.58 Å². The topological polar surface area (TPSA) is 66.6 Å². The maximum Gasteiger partial charge on any atom is 0.224 e. The lowest BCUT2D eigenvalue weighted by molar-refractivity contribution is -0.131. The zero-order chi connectivity index (χ0) is 13.4. The number of nitrogens with two attached hydrogens (primary N) is 1. The second-order valence-corrected chi connectivity index (χ2v) is 4.07. The van der Waals surface area contributed by atoms with E-state index in [4.69, 9.17) is 10.8 Å². The molecule has 1 aromatic rings. The van der Waals surface area contributed by atoms with Crippen LogP contribution in [0.4, 0.5) is 0 Å². The van der Waals surface area contributed by atoms with Crippen molar-refractivity contribution in [2.45, 2.75) is 12.5 Å². The van der Waals surface area contributed by atoms with Crippen LogP contribution in [0.5, 0.6) is 0 Å². The average molecular weight is 248 g/mol. The molecule has 0 saturated carbocycles. The van der Waals surface area contributed by atoms with Gasteiger partial charge in [0, 0.05) is 25.6 Å². The predicted octanol–water partition coefficient (Wildman–Crippen LogP) is 1.08. The number of hydrogen-bond acceptors (Lipinski definition) is 3. The minimum atomic E-state index is -0.315. The largest absolute Gasteiger partial charge is 0.395 e. The Morgan fingerprint density at radius 2 is 2.11 bits per heavy atom. The quantitative estimate of drug-likeness (QED) is 0.710. The van der Waals surface area contributed by atoms with E-state index in [0.717, 1.165) is 5.56 Å². The highest BCUT2D eigenvalue weighted by molar-refractivity contribution is 5.77. The summed E-state index contributed by atoms with van der Waals surface area (Å²) in [5.41, 5.74) is 6.93. The van der Waals surface area contributed by atoms with E-state index >= 15 is 0 Å². The van der Waals surface area contributed by atoms with Crippen LogP contribution in [-0.2, 0) is 4.79 Å². The van der Waals surface area contributed by atoms with Crippen molar-refractivity contribution in [3.8, 4) is 0 Å². The lowest BCUT2D eigenvalue weighted by atomic mass is 10.0. The molecule has 1 amide bonds. The maximum atomic E-state index is 12.0. The SMILES string of the molecule is C=CCN(CCO)C(=O)CC(N)c1ccccc1. The fraction of sp³-hybridized carbons (Fsp3) is 0.357. The standard InChI is InChI=1S/C14H20N2O2/c1-2-8-16(9-10-17)14(18)11-13(15)12-6-4-3-5-7-12/h2-7,13,17H,1,8-11,15H2. The van der Waals surface area contributed by atoms with Gasteiger partial charge in [0.05, 0.1) is 6.61 Å². The molecule has 0 heterocycles. The van der Waals surface area contributed by atoms with Crippen molar-refractivity contribution in [1.29, 1.82) is 0 Å². The minimum absolute atomic E-state index is 0.0554. The van der Waals surface area contributed by atoms with Gasteiger partial charge in [0.25, 0.3) is 0 Å². The number of benzene rings is 1. The molecule has 1 aromatic carbocycles. The number of nitrogens with zero attached hydrogens (tertiary/aromatic N) is 1. The number of carbonyl (C=O) groups excluding carboxylic acids is 1. The summed E-state index contributed by atoms with van der Waals surface area (Å²) in [6.07, 6.45) is 1.87. The number of carbonyl (C=O) groups is 1. The van der Waals surface area contributed by atoms with Gasteiger partial charge in [-0.05, 0) is 5.56 Å². The molecule has 0 bridgehead atoms. The molecule has 0 spiro atoms. The normalized spacial score (nSPS) is 11.9. The molecule has 4 heteroatoms. The van der Waals surface area contributed by atoms with Gasteiger partial charge in [-0.3, -0.25) is 4.79 Å². The van der Waals surface area contributed by atoms with Gasteiger partial charge in [-0.25, -0.2) is 0 Å². The highest BCUT2D eigenvalue weighted by Crippen LogP contribution is 2.14. The Labute approximate surface area is 108 Å². The summed E-state index contributed by atoms with van der Waals surface area (Å²) in [4.78, 5) is 13.5. The molecule has 0 aliphatic carbocycles. The Morgan fingerprint density at radius 3 is 2.67 bits per heavy atom. The van der Waals surface area contributed by atoms with Gasteiger partial charge in [-0.15, -0.1) is 6.58 Å². The van der Waals surface area contributed by atoms with Crippen molar-refractivity contribution in [3.63, 3.8) is 0 Å². The molecule has 18 heavy (non-hydrogen) atoms. The zero-order valence-electron chi connectivity index (χ0n) is 10.5. The fourth-order valence-corrected chi connectivity index (χ4v) is 1.73. The van der Waals surface area contributed by atoms with E-state index in [-0.39, 0.29) is 25.0 Å². The molecule has 0 aliphatic rings. The van der Waals surface area contributed by atoms with E-state index in [0.29, 0.717) is 13.1 Å². The first-order valence-corrected chi connectivity index (χ1v) is 5.99. The monoisotopic (exact) mass is 248 g/mol. The molecule has 0 radical (unpaired) electrons. The third-order valence-electron chi connectivity index (χ3n) is 2.69. The van der Waals surface area contributed by atoms with Crippen LogP contribution in [0.2, 0.25) is 0 Å². The highest BCUT2D eigenvalue weighted by atomic mass is 16.3. The Bertz CT molecular complexity index is 379. The second kappa shape index (κ2) is 7.63. The van der Waals surface area contributed by atoms with Crippen LogP contribution in [0.1, 0.15) is 18.0 Å². The van der Waals surface area contributed by atoms with Gasteiger partial charge in [0.1, 0.15) is 0 Å².